The van der Waals surface area contributed by atoms with E-state index >= 15 is 0 Å². The zero-order chi connectivity index (χ0) is 9.59. The summed E-state index contributed by atoms with van der Waals surface area (Å²) in [6.07, 6.45) is 5.22. The number of allylic oxidation sites excluding steroid dienone is 1. The highest BCUT2D eigenvalue weighted by Gasteiger charge is 2.52. The van der Waals surface area contributed by atoms with Crippen LogP contribution in [0.1, 0.15) is 20.3 Å². The molecule has 2 aliphatic rings. The molecule has 72 valence electrons. The zero-order valence-electron chi connectivity index (χ0n) is 8.01. The minimum atomic E-state index is -0.310. The second kappa shape index (κ2) is 2.82. The first-order valence-corrected chi connectivity index (χ1v) is 4.93. The summed E-state index contributed by atoms with van der Waals surface area (Å²) in [5, 5.41) is 10.9. The van der Waals surface area contributed by atoms with Crippen LogP contribution in [0.2, 0.25) is 0 Å². The van der Waals surface area contributed by atoms with Crippen molar-refractivity contribution in [2.75, 3.05) is 0 Å². The van der Waals surface area contributed by atoms with Crippen molar-refractivity contribution in [3.8, 4) is 0 Å². The van der Waals surface area contributed by atoms with Gasteiger partial charge >= 0.3 is 0 Å². The van der Waals surface area contributed by atoms with Crippen molar-refractivity contribution >= 4 is 0 Å². The van der Waals surface area contributed by atoms with Gasteiger partial charge in [-0.05, 0) is 18.3 Å². The minimum absolute atomic E-state index is 0.0706. The van der Waals surface area contributed by atoms with E-state index in [0.29, 0.717) is 11.8 Å². The molecule has 4 atom stereocenters. The van der Waals surface area contributed by atoms with Crippen molar-refractivity contribution in [3.63, 3.8) is 0 Å². The monoisotopic (exact) mass is 181 g/mol. The molecule has 0 unspecified atom stereocenters. The molecule has 0 radical (unpaired) electrons. The number of nitrogens with zero attached hydrogens (tertiary/aromatic N) is 1. The number of hydrogen-bond donors (Lipinski definition) is 0. The van der Waals surface area contributed by atoms with Gasteiger partial charge in [-0.2, -0.15) is 0 Å². The maximum absolute atomic E-state index is 10.9. The van der Waals surface area contributed by atoms with Crippen molar-refractivity contribution in [1.29, 1.82) is 0 Å². The van der Waals surface area contributed by atoms with Gasteiger partial charge in [0.25, 0.3) is 0 Å². The van der Waals surface area contributed by atoms with Gasteiger partial charge in [0.1, 0.15) is 0 Å². The second-order valence-corrected chi connectivity index (χ2v) is 4.55. The van der Waals surface area contributed by atoms with Crippen molar-refractivity contribution in [3.05, 3.63) is 22.3 Å². The fourth-order valence-electron chi connectivity index (χ4n) is 3.02. The molecule has 0 aromatic rings. The maximum atomic E-state index is 10.9. The molecule has 0 aromatic carbocycles. The summed E-state index contributed by atoms with van der Waals surface area (Å²) in [7, 11) is 0. The summed E-state index contributed by atoms with van der Waals surface area (Å²) in [5.41, 5.74) is 0. The third-order valence-electron chi connectivity index (χ3n) is 3.49. The molecule has 0 aliphatic heterocycles. The van der Waals surface area contributed by atoms with Crippen LogP contribution in [0, 0.1) is 33.8 Å². The van der Waals surface area contributed by atoms with Crippen molar-refractivity contribution in [2.24, 2.45) is 23.7 Å². The summed E-state index contributed by atoms with van der Waals surface area (Å²) in [6.45, 7) is 4.19. The molecular weight excluding hydrogens is 166 g/mol. The van der Waals surface area contributed by atoms with Gasteiger partial charge in [-0.3, -0.25) is 10.1 Å². The smallest absolute Gasteiger partial charge is 0.222 e. The first-order valence-electron chi connectivity index (χ1n) is 4.93. The van der Waals surface area contributed by atoms with Crippen LogP contribution < -0.4 is 0 Å². The van der Waals surface area contributed by atoms with E-state index in [-0.39, 0.29) is 22.8 Å². The largest absolute Gasteiger partial charge is 0.264 e. The maximum Gasteiger partial charge on any atom is 0.222 e. The average Bonchev–Trinajstić information content (AvgIpc) is 2.60. The predicted octanol–water partition coefficient (Wildman–Crippen LogP) is 2.11. The Morgan fingerprint density at radius 3 is 2.46 bits per heavy atom. The Kier molecular flexibility index (Phi) is 1.90. The normalized spacial score (nSPS) is 41.8. The van der Waals surface area contributed by atoms with Gasteiger partial charge in [-0.25, -0.2) is 0 Å². The van der Waals surface area contributed by atoms with Crippen LogP contribution in [0.3, 0.4) is 0 Å². The number of fused-ring (bicyclic) bond motifs is 2. The fourth-order valence-corrected chi connectivity index (χ4v) is 3.02. The lowest BCUT2D eigenvalue weighted by atomic mass is 9.81. The molecule has 2 rings (SSSR count). The van der Waals surface area contributed by atoms with E-state index in [1.807, 2.05) is 6.08 Å². The zero-order valence-corrected chi connectivity index (χ0v) is 8.01. The number of hydrogen-bond acceptors (Lipinski definition) is 2. The van der Waals surface area contributed by atoms with Gasteiger partial charge in [-0.1, -0.05) is 26.0 Å². The van der Waals surface area contributed by atoms with Crippen molar-refractivity contribution in [1.82, 2.24) is 0 Å². The van der Waals surface area contributed by atoms with E-state index < -0.39 is 0 Å². The lowest BCUT2D eigenvalue weighted by Crippen LogP contribution is -2.35. The predicted molar refractivity (Wildman–Crippen MR) is 49.8 cm³/mol. The molecule has 0 spiro atoms. The molecule has 13 heavy (non-hydrogen) atoms. The summed E-state index contributed by atoms with van der Waals surface area (Å²) in [4.78, 5) is 10.8. The molecular formula is C10H15NO2. The van der Waals surface area contributed by atoms with Gasteiger partial charge in [-0.15, -0.1) is 0 Å². The standard InChI is InChI=1S/C10H15NO2/c1-6(2)9-7-3-4-8(5-7)10(9)11(12)13/h3-4,6-10H,5H2,1-2H3/t7-,8+,9+,10+/m0/s1. The first-order chi connectivity index (χ1) is 6.11. The van der Waals surface area contributed by atoms with E-state index in [9.17, 15) is 10.1 Å². The van der Waals surface area contributed by atoms with Gasteiger partial charge < -0.3 is 0 Å². The average molecular weight is 181 g/mol. The van der Waals surface area contributed by atoms with E-state index in [4.69, 9.17) is 0 Å². The van der Waals surface area contributed by atoms with Crippen LogP contribution in [0.25, 0.3) is 0 Å². The fraction of sp³-hybridized carbons (Fsp3) is 0.800. The Balaban J connectivity index is 2.25. The summed E-state index contributed by atoms with van der Waals surface area (Å²) in [6, 6.07) is -0.310. The quantitative estimate of drug-likeness (QED) is 0.372. The minimum Gasteiger partial charge on any atom is -0.264 e. The Morgan fingerprint density at radius 2 is 2.00 bits per heavy atom. The summed E-state index contributed by atoms with van der Waals surface area (Å²) in [5.74, 6) is 1.38. The van der Waals surface area contributed by atoms with Crippen LogP contribution in [0.5, 0.6) is 0 Å². The molecule has 2 bridgehead atoms. The highest BCUT2D eigenvalue weighted by atomic mass is 16.6. The lowest BCUT2D eigenvalue weighted by molar-refractivity contribution is -0.537. The van der Waals surface area contributed by atoms with Gasteiger partial charge in [0.2, 0.25) is 6.04 Å². The van der Waals surface area contributed by atoms with Gasteiger partial charge in [0.05, 0.1) is 0 Å². The Bertz CT molecular complexity index is 260. The Morgan fingerprint density at radius 1 is 1.38 bits per heavy atom. The topological polar surface area (TPSA) is 43.1 Å². The molecule has 1 fully saturated rings. The SMILES string of the molecule is CC(C)[C@H]1[C@H]([N+](=O)[O-])[C@@H]2C=C[C@H]1C2. The van der Waals surface area contributed by atoms with E-state index in [2.05, 4.69) is 19.9 Å². The van der Waals surface area contributed by atoms with Crippen LogP contribution in [0.15, 0.2) is 12.2 Å². The number of rotatable bonds is 2. The van der Waals surface area contributed by atoms with Crippen LogP contribution in [0.4, 0.5) is 0 Å². The molecule has 0 N–H and O–H groups in total. The van der Waals surface area contributed by atoms with Crippen LogP contribution >= 0.6 is 0 Å². The van der Waals surface area contributed by atoms with E-state index in [0.717, 1.165) is 6.42 Å². The van der Waals surface area contributed by atoms with E-state index in [1.165, 1.54) is 0 Å². The Labute approximate surface area is 78.0 Å². The Hall–Kier alpha value is -0.860. The molecule has 2 aliphatic carbocycles. The van der Waals surface area contributed by atoms with Gasteiger partial charge in [0.15, 0.2) is 0 Å². The second-order valence-electron chi connectivity index (χ2n) is 4.55. The van der Waals surface area contributed by atoms with Crippen LogP contribution in [-0.2, 0) is 0 Å². The summed E-state index contributed by atoms with van der Waals surface area (Å²) < 4.78 is 0. The lowest BCUT2D eigenvalue weighted by Gasteiger charge is -2.24. The van der Waals surface area contributed by atoms with Crippen molar-refractivity contribution in [2.45, 2.75) is 26.3 Å². The number of nitro groups is 1. The molecule has 3 nitrogen and oxygen atoms in total. The highest BCUT2D eigenvalue weighted by Crippen LogP contribution is 2.47. The third kappa shape index (κ3) is 1.18. The molecule has 0 aromatic heterocycles. The summed E-state index contributed by atoms with van der Waals surface area (Å²) >= 11 is 0. The molecule has 0 saturated heterocycles. The van der Waals surface area contributed by atoms with E-state index in [1.54, 1.807) is 0 Å². The highest BCUT2D eigenvalue weighted by molar-refractivity contribution is 5.14. The molecule has 0 heterocycles. The van der Waals surface area contributed by atoms with Crippen molar-refractivity contribution < 1.29 is 4.92 Å². The first kappa shape index (κ1) is 8.73. The van der Waals surface area contributed by atoms with Crippen LogP contribution in [-0.4, -0.2) is 11.0 Å². The molecule has 1 saturated carbocycles. The van der Waals surface area contributed by atoms with Gasteiger partial charge in [0, 0.05) is 16.8 Å². The molecule has 0 amide bonds. The molecule has 3 heteroatoms. The third-order valence-corrected chi connectivity index (χ3v) is 3.49.